The first-order valence-corrected chi connectivity index (χ1v) is 8.98. The van der Waals surface area contributed by atoms with Crippen LogP contribution in [0.3, 0.4) is 0 Å². The molecule has 2 rings (SSSR count). The Morgan fingerprint density at radius 2 is 2.00 bits per heavy atom. The molecule has 1 heterocycles. The normalized spacial score (nSPS) is 14.7. The molecule has 0 unspecified atom stereocenters. The lowest BCUT2D eigenvalue weighted by Gasteiger charge is -2.29. The van der Waals surface area contributed by atoms with Gasteiger partial charge in [0, 0.05) is 39.3 Å². The molecule has 1 N–H and O–H groups in total. The zero-order chi connectivity index (χ0) is 18.6. The van der Waals surface area contributed by atoms with E-state index in [1.54, 1.807) is 4.90 Å². The minimum Gasteiger partial charge on any atom is -0.495 e. The number of benzene rings is 1. The van der Waals surface area contributed by atoms with E-state index in [1.807, 2.05) is 0 Å². The number of amides is 1. The van der Waals surface area contributed by atoms with Crippen LogP contribution in [0.4, 0.5) is 5.69 Å². The summed E-state index contributed by atoms with van der Waals surface area (Å²) in [6.07, 6.45) is 0. The van der Waals surface area contributed by atoms with Crippen LogP contribution < -0.4 is 10.1 Å². The maximum Gasteiger partial charge on any atom is 0.273 e. The fraction of sp³-hybridized carbons (Fsp3) is 0.500. The van der Waals surface area contributed by atoms with Crippen molar-refractivity contribution in [3.63, 3.8) is 0 Å². The topological polar surface area (TPSA) is 122 Å². The van der Waals surface area contributed by atoms with E-state index in [0.29, 0.717) is 26.2 Å². The molecule has 0 atom stereocenters. The van der Waals surface area contributed by atoms with Crippen molar-refractivity contribution in [3.05, 3.63) is 28.3 Å². The van der Waals surface area contributed by atoms with E-state index < -0.39 is 14.9 Å². The van der Waals surface area contributed by atoms with Gasteiger partial charge in [-0.1, -0.05) is 0 Å². The fourth-order valence-electron chi connectivity index (χ4n) is 2.44. The molecule has 10 nitrogen and oxygen atoms in total. The Kier molecular flexibility index (Phi) is 7.75. The second-order valence-electron chi connectivity index (χ2n) is 5.48. The van der Waals surface area contributed by atoms with E-state index >= 15 is 0 Å². The molecule has 146 valence electrons. The Morgan fingerprint density at radius 3 is 2.54 bits per heavy atom. The predicted octanol–water partition coefficient (Wildman–Crippen LogP) is 0.0775. The summed E-state index contributed by atoms with van der Waals surface area (Å²) in [6.45, 7) is 2.06. The molecule has 1 amide bonds. The van der Waals surface area contributed by atoms with E-state index in [0.717, 1.165) is 22.5 Å². The quantitative estimate of drug-likeness (QED) is 0.522. The average molecular weight is 409 g/mol. The zero-order valence-electron chi connectivity index (χ0n) is 14.4. The summed E-state index contributed by atoms with van der Waals surface area (Å²) >= 11 is 0. The Labute approximate surface area is 157 Å². The van der Waals surface area contributed by atoms with Crippen LogP contribution in [0.25, 0.3) is 0 Å². The lowest BCUT2D eigenvalue weighted by Crippen LogP contribution is -2.49. The number of rotatable bonds is 6. The molecule has 26 heavy (non-hydrogen) atoms. The molecule has 1 aromatic rings. The molecule has 0 bridgehead atoms. The van der Waals surface area contributed by atoms with Gasteiger partial charge in [0.15, 0.2) is 0 Å². The highest BCUT2D eigenvalue weighted by molar-refractivity contribution is 7.89. The molecule has 0 radical (unpaired) electrons. The van der Waals surface area contributed by atoms with Crippen LogP contribution in [0.1, 0.15) is 0 Å². The van der Waals surface area contributed by atoms with Crippen LogP contribution in [0.2, 0.25) is 0 Å². The summed E-state index contributed by atoms with van der Waals surface area (Å²) in [5, 5.41) is 13.9. The number of halogens is 1. The van der Waals surface area contributed by atoms with Gasteiger partial charge in [-0.05, 0) is 6.07 Å². The summed E-state index contributed by atoms with van der Waals surface area (Å²) in [5.74, 6) is -0.441. The number of likely N-dealkylation sites (N-methyl/N-ethyl adjacent to an activating group) is 1. The number of nitrogens with one attached hydrogen (secondary N) is 1. The number of ether oxygens (including phenoxy) is 1. The van der Waals surface area contributed by atoms with Gasteiger partial charge < -0.3 is 15.0 Å². The second kappa shape index (κ2) is 9.12. The monoisotopic (exact) mass is 408 g/mol. The van der Waals surface area contributed by atoms with Crippen molar-refractivity contribution in [1.29, 1.82) is 0 Å². The van der Waals surface area contributed by atoms with E-state index in [2.05, 4.69) is 5.32 Å². The van der Waals surface area contributed by atoms with E-state index in [9.17, 15) is 23.3 Å². The number of carbonyl (C=O) groups is 1. The molecule has 1 saturated heterocycles. The number of hydrogen-bond donors (Lipinski definition) is 1. The summed E-state index contributed by atoms with van der Waals surface area (Å²) in [4.78, 5) is 23.8. The number of nitro groups is 1. The van der Waals surface area contributed by atoms with Crippen LogP contribution in [0.5, 0.6) is 5.75 Å². The van der Waals surface area contributed by atoms with E-state index in [-0.39, 0.29) is 41.2 Å². The molecule has 0 aromatic heterocycles. The molecule has 1 aliphatic heterocycles. The molecule has 0 spiro atoms. The number of piperazine rings is 1. The van der Waals surface area contributed by atoms with Crippen LogP contribution in [-0.4, -0.2) is 75.3 Å². The molecule has 1 aliphatic rings. The zero-order valence-corrected chi connectivity index (χ0v) is 16.0. The van der Waals surface area contributed by atoms with Crippen molar-refractivity contribution < 1.29 is 22.9 Å². The highest BCUT2D eigenvalue weighted by Crippen LogP contribution is 2.30. The third-order valence-corrected chi connectivity index (χ3v) is 5.72. The summed E-state index contributed by atoms with van der Waals surface area (Å²) in [5.41, 5.74) is -0.282. The van der Waals surface area contributed by atoms with Crippen LogP contribution in [0, 0.1) is 10.1 Å². The fourth-order valence-corrected chi connectivity index (χ4v) is 3.69. The highest BCUT2D eigenvalue weighted by Gasteiger charge is 2.29. The number of non-ortho nitro benzene ring substituents is 1. The molecule has 12 heteroatoms. The molecule has 1 aromatic carbocycles. The SMILES string of the molecule is COc1cc([N+](=O)[O-])ccc1S(=O)(=O)N(C)CC(=O)N1CCNCC1.Cl. The number of hydrogen-bond acceptors (Lipinski definition) is 7. The highest BCUT2D eigenvalue weighted by atomic mass is 35.5. The molecular weight excluding hydrogens is 388 g/mol. The third-order valence-electron chi connectivity index (χ3n) is 3.87. The van der Waals surface area contributed by atoms with Crippen LogP contribution in [-0.2, 0) is 14.8 Å². The van der Waals surface area contributed by atoms with Gasteiger partial charge in [0.2, 0.25) is 15.9 Å². The van der Waals surface area contributed by atoms with E-state index in [1.165, 1.54) is 14.2 Å². The number of nitro benzene ring substituents is 1. The van der Waals surface area contributed by atoms with Crippen molar-refractivity contribution in [2.75, 3.05) is 46.9 Å². The maximum absolute atomic E-state index is 12.7. The Morgan fingerprint density at radius 1 is 1.38 bits per heavy atom. The predicted molar refractivity (Wildman–Crippen MR) is 96.2 cm³/mol. The van der Waals surface area contributed by atoms with Crippen molar-refractivity contribution in [2.45, 2.75) is 4.90 Å². The summed E-state index contributed by atoms with van der Waals surface area (Å²) < 4.78 is 31.3. The number of nitrogens with zero attached hydrogens (tertiary/aromatic N) is 3. The minimum atomic E-state index is -4.04. The van der Waals surface area contributed by atoms with Gasteiger partial charge in [0.25, 0.3) is 5.69 Å². The van der Waals surface area contributed by atoms with Crippen LogP contribution in [0.15, 0.2) is 23.1 Å². The summed E-state index contributed by atoms with van der Waals surface area (Å²) in [6, 6.07) is 3.23. The largest absolute Gasteiger partial charge is 0.495 e. The average Bonchev–Trinajstić information content (AvgIpc) is 2.61. The Bertz CT molecular complexity index is 767. The number of carbonyl (C=O) groups excluding carboxylic acids is 1. The first-order valence-electron chi connectivity index (χ1n) is 7.54. The molecular formula is C14H21ClN4O6S. The smallest absolute Gasteiger partial charge is 0.273 e. The Hall–Kier alpha value is -1.95. The van der Waals surface area contributed by atoms with Gasteiger partial charge in [-0.15, -0.1) is 12.4 Å². The summed E-state index contributed by atoms with van der Waals surface area (Å²) in [7, 11) is -1.52. The first-order chi connectivity index (χ1) is 11.8. The van der Waals surface area contributed by atoms with Crippen molar-refractivity contribution in [2.24, 2.45) is 0 Å². The van der Waals surface area contributed by atoms with Gasteiger partial charge in [-0.2, -0.15) is 4.31 Å². The number of methoxy groups -OCH3 is 1. The standard InChI is InChI=1S/C14H20N4O6S.ClH/c1-16(10-14(19)17-7-5-15-6-8-17)25(22,23)13-4-3-11(18(20)21)9-12(13)24-2;/h3-4,9,15H,5-8,10H2,1-2H3;1H. The third kappa shape index (κ3) is 4.81. The number of sulfonamides is 1. The van der Waals surface area contributed by atoms with Crippen LogP contribution >= 0.6 is 12.4 Å². The molecule has 1 fully saturated rings. The maximum atomic E-state index is 12.7. The van der Waals surface area contributed by atoms with Gasteiger partial charge in [-0.25, -0.2) is 8.42 Å². The first kappa shape index (κ1) is 22.1. The molecule has 0 aliphatic carbocycles. The van der Waals surface area contributed by atoms with Gasteiger partial charge in [0.1, 0.15) is 10.6 Å². The van der Waals surface area contributed by atoms with Crippen molar-refractivity contribution in [1.82, 2.24) is 14.5 Å². The molecule has 0 saturated carbocycles. The van der Waals surface area contributed by atoms with Gasteiger partial charge in [-0.3, -0.25) is 14.9 Å². The van der Waals surface area contributed by atoms with Crippen molar-refractivity contribution in [3.8, 4) is 5.75 Å². The lowest BCUT2D eigenvalue weighted by atomic mass is 10.3. The van der Waals surface area contributed by atoms with E-state index in [4.69, 9.17) is 4.74 Å². The Balaban J connectivity index is 0.00000338. The lowest BCUT2D eigenvalue weighted by molar-refractivity contribution is -0.385. The van der Waals surface area contributed by atoms with Gasteiger partial charge >= 0.3 is 0 Å². The van der Waals surface area contributed by atoms with Crippen molar-refractivity contribution >= 4 is 34.0 Å². The minimum absolute atomic E-state index is 0. The van der Waals surface area contributed by atoms with Gasteiger partial charge in [0.05, 0.1) is 24.6 Å². The second-order valence-corrected chi connectivity index (χ2v) is 7.50.